The van der Waals surface area contributed by atoms with Crippen LogP contribution in [0.1, 0.15) is 46.3 Å². The number of likely N-dealkylation sites (tertiary alicyclic amines) is 1. The number of benzene rings is 1. The van der Waals surface area contributed by atoms with Gasteiger partial charge in [0, 0.05) is 36.6 Å². The molecule has 2 heterocycles. The normalized spacial score (nSPS) is 19.8. The van der Waals surface area contributed by atoms with Crippen LogP contribution in [0, 0.1) is 25.2 Å². The van der Waals surface area contributed by atoms with Crippen molar-refractivity contribution in [3.05, 3.63) is 58.9 Å². The Hall–Kier alpha value is -2.89. The Kier molecular flexibility index (Phi) is 5.03. The van der Waals surface area contributed by atoms with Crippen LogP contribution in [0.2, 0.25) is 0 Å². The highest BCUT2D eigenvalue weighted by atomic mass is 16.5. The Balaban J connectivity index is 1.41. The van der Waals surface area contributed by atoms with Gasteiger partial charge in [-0.2, -0.15) is 0 Å². The molecule has 2 fully saturated rings. The monoisotopic (exact) mass is 394 g/mol. The third-order valence-corrected chi connectivity index (χ3v) is 6.35. The number of hydrogen-bond donors (Lipinski definition) is 1. The number of nitrogens with zero attached hydrogens (tertiary/aromatic N) is 2. The maximum absolute atomic E-state index is 13.0. The van der Waals surface area contributed by atoms with Gasteiger partial charge in [-0.15, -0.1) is 0 Å². The summed E-state index contributed by atoms with van der Waals surface area (Å²) in [4.78, 5) is 30.2. The molecule has 1 unspecified atom stereocenters. The lowest BCUT2D eigenvalue weighted by atomic mass is 9.90. The Bertz CT molecular complexity index is 910. The minimum atomic E-state index is -0.696. The van der Waals surface area contributed by atoms with E-state index >= 15 is 0 Å². The molecule has 4 rings (SSSR count). The van der Waals surface area contributed by atoms with Crippen LogP contribution >= 0.6 is 0 Å². The summed E-state index contributed by atoms with van der Waals surface area (Å²) < 4.78 is 5.98. The van der Waals surface area contributed by atoms with Gasteiger partial charge in [0.1, 0.15) is 12.4 Å². The smallest absolute Gasteiger partial charge is 0.307 e. The van der Waals surface area contributed by atoms with Gasteiger partial charge in [0.25, 0.3) is 5.91 Å². The van der Waals surface area contributed by atoms with Gasteiger partial charge in [0.05, 0.1) is 5.92 Å². The molecule has 2 aromatic rings. The first-order chi connectivity index (χ1) is 13.9. The molecule has 1 aliphatic carbocycles. The van der Waals surface area contributed by atoms with Crippen molar-refractivity contribution in [2.45, 2.75) is 39.7 Å². The number of amides is 1. The van der Waals surface area contributed by atoms with Gasteiger partial charge in [-0.1, -0.05) is 6.07 Å². The first-order valence-corrected chi connectivity index (χ1v) is 10.0. The number of piperidine rings is 1. The van der Waals surface area contributed by atoms with Crippen molar-refractivity contribution in [1.82, 2.24) is 9.88 Å². The number of carbonyl (C=O) groups is 2. The standard InChI is InChI=1S/C23H26N2O4/c1-15-10-18(11-16(2)20(15)29-14-17-4-3-7-24-13-17)21(26)25-8-5-23(6-9-25)12-19(23)22(27)28/h3-4,7,10-11,13,19H,5-6,8-9,12,14H2,1-2H3,(H,27,28). The molecule has 1 atom stereocenters. The molecule has 1 aromatic carbocycles. The molecule has 1 spiro atoms. The summed E-state index contributed by atoms with van der Waals surface area (Å²) in [5.41, 5.74) is 3.44. The predicted octanol–water partition coefficient (Wildman–Crippen LogP) is 3.60. The molecule has 1 amide bonds. The number of ether oxygens (including phenoxy) is 1. The Labute approximate surface area is 170 Å². The minimum Gasteiger partial charge on any atom is -0.488 e. The molecule has 1 aliphatic heterocycles. The van der Waals surface area contributed by atoms with Crippen molar-refractivity contribution < 1.29 is 19.4 Å². The van der Waals surface area contributed by atoms with Crippen LogP contribution in [-0.4, -0.2) is 40.0 Å². The fraction of sp³-hybridized carbons (Fsp3) is 0.435. The average Bonchev–Trinajstić information content (AvgIpc) is 3.42. The fourth-order valence-corrected chi connectivity index (χ4v) is 4.53. The molecule has 1 saturated carbocycles. The zero-order chi connectivity index (χ0) is 20.6. The van der Waals surface area contributed by atoms with E-state index < -0.39 is 5.97 Å². The number of carbonyl (C=O) groups excluding carboxylic acids is 1. The molecule has 152 valence electrons. The van der Waals surface area contributed by atoms with Gasteiger partial charge in [-0.05, 0) is 67.9 Å². The number of pyridine rings is 1. The molecule has 6 heteroatoms. The molecular formula is C23H26N2O4. The van der Waals surface area contributed by atoms with E-state index in [-0.39, 0.29) is 17.2 Å². The molecule has 1 aromatic heterocycles. The van der Waals surface area contributed by atoms with E-state index in [9.17, 15) is 14.7 Å². The highest BCUT2D eigenvalue weighted by Gasteiger charge is 2.59. The topological polar surface area (TPSA) is 79.7 Å². The van der Waals surface area contributed by atoms with Crippen molar-refractivity contribution in [2.75, 3.05) is 13.1 Å². The number of aromatic nitrogens is 1. The van der Waals surface area contributed by atoms with E-state index in [2.05, 4.69) is 4.98 Å². The van der Waals surface area contributed by atoms with Crippen LogP contribution < -0.4 is 4.74 Å². The molecule has 29 heavy (non-hydrogen) atoms. The zero-order valence-electron chi connectivity index (χ0n) is 16.9. The number of aryl methyl sites for hydroxylation is 2. The second kappa shape index (κ2) is 7.50. The summed E-state index contributed by atoms with van der Waals surface area (Å²) in [6, 6.07) is 7.61. The van der Waals surface area contributed by atoms with Gasteiger partial charge >= 0.3 is 5.97 Å². The van der Waals surface area contributed by atoms with E-state index in [0.717, 1.165) is 41.7 Å². The maximum Gasteiger partial charge on any atom is 0.307 e. The van der Waals surface area contributed by atoms with E-state index in [0.29, 0.717) is 25.3 Å². The van der Waals surface area contributed by atoms with Crippen LogP contribution in [0.4, 0.5) is 0 Å². The van der Waals surface area contributed by atoms with Gasteiger partial charge in [-0.3, -0.25) is 14.6 Å². The summed E-state index contributed by atoms with van der Waals surface area (Å²) in [6.45, 7) is 5.59. The van der Waals surface area contributed by atoms with Crippen molar-refractivity contribution in [2.24, 2.45) is 11.3 Å². The van der Waals surface area contributed by atoms with Crippen LogP contribution in [0.15, 0.2) is 36.7 Å². The highest BCUT2D eigenvalue weighted by molar-refractivity contribution is 5.95. The minimum absolute atomic E-state index is 0.0115. The third kappa shape index (κ3) is 3.84. The van der Waals surface area contributed by atoms with Crippen LogP contribution in [0.3, 0.4) is 0 Å². The number of hydrogen-bond acceptors (Lipinski definition) is 4. The van der Waals surface area contributed by atoms with E-state index in [1.165, 1.54) is 0 Å². The van der Waals surface area contributed by atoms with Crippen LogP contribution in [-0.2, 0) is 11.4 Å². The molecular weight excluding hydrogens is 368 g/mol. The molecule has 1 saturated heterocycles. The zero-order valence-corrected chi connectivity index (χ0v) is 16.9. The van der Waals surface area contributed by atoms with Crippen molar-refractivity contribution in [1.29, 1.82) is 0 Å². The molecule has 2 aliphatic rings. The highest BCUT2D eigenvalue weighted by Crippen LogP contribution is 2.59. The summed E-state index contributed by atoms with van der Waals surface area (Å²) in [5, 5.41) is 9.23. The van der Waals surface area contributed by atoms with Crippen molar-refractivity contribution in [3.63, 3.8) is 0 Å². The van der Waals surface area contributed by atoms with E-state index in [4.69, 9.17) is 4.74 Å². The Morgan fingerprint density at radius 2 is 1.93 bits per heavy atom. The van der Waals surface area contributed by atoms with Gasteiger partial charge in [-0.25, -0.2) is 0 Å². The first-order valence-electron chi connectivity index (χ1n) is 10.0. The number of rotatable bonds is 5. The number of carboxylic acid groups (broad SMARTS) is 1. The SMILES string of the molecule is Cc1cc(C(=O)N2CCC3(CC2)CC3C(=O)O)cc(C)c1OCc1cccnc1. The summed E-state index contributed by atoms with van der Waals surface area (Å²) in [7, 11) is 0. The fourth-order valence-electron chi connectivity index (χ4n) is 4.53. The number of carboxylic acids is 1. The van der Waals surface area contributed by atoms with Crippen molar-refractivity contribution in [3.8, 4) is 5.75 Å². The number of aliphatic carboxylic acids is 1. The van der Waals surface area contributed by atoms with Gasteiger partial charge in [0.15, 0.2) is 0 Å². The first kappa shape index (κ1) is 19.4. The van der Waals surface area contributed by atoms with Crippen LogP contribution in [0.25, 0.3) is 0 Å². The lowest BCUT2D eigenvalue weighted by molar-refractivity contribution is -0.139. The van der Waals surface area contributed by atoms with E-state index in [1.54, 1.807) is 12.4 Å². The summed E-state index contributed by atoms with van der Waals surface area (Å²) >= 11 is 0. The Morgan fingerprint density at radius 1 is 1.24 bits per heavy atom. The van der Waals surface area contributed by atoms with Gasteiger partial charge < -0.3 is 14.7 Å². The molecule has 0 radical (unpaired) electrons. The lowest BCUT2D eigenvalue weighted by Crippen LogP contribution is -2.40. The Morgan fingerprint density at radius 3 is 2.48 bits per heavy atom. The predicted molar refractivity (Wildman–Crippen MR) is 108 cm³/mol. The quantitative estimate of drug-likeness (QED) is 0.838. The van der Waals surface area contributed by atoms with Crippen LogP contribution in [0.5, 0.6) is 5.75 Å². The summed E-state index contributed by atoms with van der Waals surface area (Å²) in [6.07, 6.45) is 5.82. The molecule has 1 N–H and O–H groups in total. The maximum atomic E-state index is 13.0. The lowest BCUT2D eigenvalue weighted by Gasteiger charge is -2.33. The molecule has 6 nitrogen and oxygen atoms in total. The largest absolute Gasteiger partial charge is 0.488 e. The average molecular weight is 394 g/mol. The van der Waals surface area contributed by atoms with E-state index in [1.807, 2.05) is 43.0 Å². The third-order valence-electron chi connectivity index (χ3n) is 6.35. The van der Waals surface area contributed by atoms with Crippen molar-refractivity contribution >= 4 is 11.9 Å². The summed E-state index contributed by atoms with van der Waals surface area (Å²) in [5.74, 6) is -0.110. The second-order valence-electron chi connectivity index (χ2n) is 8.34. The second-order valence-corrected chi connectivity index (χ2v) is 8.34. The molecule has 0 bridgehead atoms. The van der Waals surface area contributed by atoms with Gasteiger partial charge in [0.2, 0.25) is 0 Å².